The molecule has 0 saturated heterocycles. The molecule has 1 amide bonds. The molecule has 25 heavy (non-hydrogen) atoms. The molecule has 0 bridgehead atoms. The fourth-order valence-corrected chi connectivity index (χ4v) is 3.27. The number of benzene rings is 2. The number of aromatic nitrogens is 3. The zero-order chi connectivity index (χ0) is 17.0. The summed E-state index contributed by atoms with van der Waals surface area (Å²) >= 11 is 0. The molecule has 0 N–H and O–H groups in total. The summed E-state index contributed by atoms with van der Waals surface area (Å²) in [4.78, 5) is 22.6. The van der Waals surface area contributed by atoms with E-state index in [0.29, 0.717) is 18.2 Å². The number of ether oxygens (including phenoxy) is 1. The van der Waals surface area contributed by atoms with E-state index in [2.05, 4.69) is 9.97 Å². The highest BCUT2D eigenvalue weighted by Crippen LogP contribution is 2.31. The minimum atomic E-state index is 0.0450. The SMILES string of the molecule is CN1Cc2cc(Oc3nc4ccccc4n4cncc34)ccc2C1=O. The number of carbonyl (C=O) groups is 1. The van der Waals surface area contributed by atoms with E-state index in [1.54, 1.807) is 30.5 Å². The smallest absolute Gasteiger partial charge is 0.254 e. The first kappa shape index (κ1) is 14.0. The van der Waals surface area contributed by atoms with Crippen LogP contribution in [0, 0.1) is 0 Å². The number of fused-ring (bicyclic) bond motifs is 4. The second kappa shape index (κ2) is 5.04. The number of imidazole rings is 1. The molecule has 1 aliphatic rings. The average Bonchev–Trinajstić information content (AvgIpc) is 3.21. The lowest BCUT2D eigenvalue weighted by Gasteiger charge is -2.10. The molecule has 1 aliphatic heterocycles. The van der Waals surface area contributed by atoms with Crippen LogP contribution < -0.4 is 4.74 Å². The van der Waals surface area contributed by atoms with E-state index in [1.165, 1.54) is 0 Å². The van der Waals surface area contributed by atoms with Crippen LogP contribution in [-0.4, -0.2) is 32.2 Å². The molecule has 0 fully saturated rings. The van der Waals surface area contributed by atoms with E-state index < -0.39 is 0 Å². The molecular weight excluding hydrogens is 316 g/mol. The second-order valence-corrected chi connectivity index (χ2v) is 6.14. The van der Waals surface area contributed by atoms with Gasteiger partial charge in [0.1, 0.15) is 11.3 Å². The van der Waals surface area contributed by atoms with E-state index >= 15 is 0 Å². The van der Waals surface area contributed by atoms with E-state index in [4.69, 9.17) is 4.74 Å². The fourth-order valence-electron chi connectivity index (χ4n) is 3.27. The van der Waals surface area contributed by atoms with Gasteiger partial charge in [-0.25, -0.2) is 9.97 Å². The molecule has 6 heteroatoms. The van der Waals surface area contributed by atoms with Gasteiger partial charge in [-0.15, -0.1) is 0 Å². The molecule has 0 aliphatic carbocycles. The Labute approximate surface area is 143 Å². The number of para-hydroxylation sites is 2. The largest absolute Gasteiger partial charge is 0.437 e. The molecular formula is C19H14N4O2. The van der Waals surface area contributed by atoms with Crippen molar-refractivity contribution < 1.29 is 9.53 Å². The van der Waals surface area contributed by atoms with Gasteiger partial charge in [-0.2, -0.15) is 0 Å². The van der Waals surface area contributed by atoms with Crippen molar-refractivity contribution >= 4 is 22.5 Å². The Morgan fingerprint density at radius 3 is 2.92 bits per heavy atom. The van der Waals surface area contributed by atoms with Crippen molar-refractivity contribution in [2.75, 3.05) is 7.05 Å². The van der Waals surface area contributed by atoms with Crippen molar-refractivity contribution in [2.24, 2.45) is 0 Å². The van der Waals surface area contributed by atoms with Crippen LogP contribution in [0.4, 0.5) is 0 Å². The first-order valence-electron chi connectivity index (χ1n) is 7.98. The number of rotatable bonds is 2. The maximum atomic E-state index is 12.0. The Morgan fingerprint density at radius 1 is 1.12 bits per heavy atom. The Balaban J connectivity index is 1.61. The predicted octanol–water partition coefficient (Wildman–Crippen LogP) is 3.26. The molecule has 6 nitrogen and oxygen atoms in total. The molecule has 0 radical (unpaired) electrons. The quantitative estimate of drug-likeness (QED) is 0.566. The third-order valence-electron chi connectivity index (χ3n) is 4.50. The van der Waals surface area contributed by atoms with Crippen LogP contribution in [-0.2, 0) is 6.54 Å². The molecule has 3 heterocycles. The number of amides is 1. The van der Waals surface area contributed by atoms with Crippen molar-refractivity contribution in [3.8, 4) is 11.6 Å². The Kier molecular flexibility index (Phi) is 2.82. The van der Waals surface area contributed by atoms with E-state index in [1.807, 2.05) is 40.8 Å². The number of hydrogen-bond acceptors (Lipinski definition) is 4. The number of nitrogens with zero attached hydrogens (tertiary/aromatic N) is 4. The zero-order valence-electron chi connectivity index (χ0n) is 13.5. The zero-order valence-corrected chi connectivity index (χ0v) is 13.5. The molecule has 2 aromatic heterocycles. The minimum Gasteiger partial charge on any atom is -0.437 e. The van der Waals surface area contributed by atoms with Gasteiger partial charge in [0.2, 0.25) is 5.88 Å². The van der Waals surface area contributed by atoms with Crippen LogP contribution in [0.1, 0.15) is 15.9 Å². The first-order valence-corrected chi connectivity index (χ1v) is 7.98. The van der Waals surface area contributed by atoms with Crippen molar-refractivity contribution in [1.29, 1.82) is 0 Å². The van der Waals surface area contributed by atoms with Gasteiger partial charge in [0, 0.05) is 19.2 Å². The molecule has 0 spiro atoms. The summed E-state index contributed by atoms with van der Waals surface area (Å²) in [6.07, 6.45) is 3.49. The first-order chi connectivity index (χ1) is 12.2. The molecule has 0 atom stereocenters. The Hall–Kier alpha value is -3.41. The van der Waals surface area contributed by atoms with Gasteiger partial charge < -0.3 is 9.64 Å². The van der Waals surface area contributed by atoms with Gasteiger partial charge in [-0.1, -0.05) is 12.1 Å². The lowest BCUT2D eigenvalue weighted by molar-refractivity contribution is 0.0816. The predicted molar refractivity (Wildman–Crippen MR) is 92.8 cm³/mol. The molecule has 5 rings (SSSR count). The van der Waals surface area contributed by atoms with E-state index in [9.17, 15) is 4.79 Å². The van der Waals surface area contributed by atoms with Gasteiger partial charge in [0.05, 0.1) is 23.6 Å². The molecule has 2 aromatic carbocycles. The van der Waals surface area contributed by atoms with Crippen LogP contribution in [0.3, 0.4) is 0 Å². The lowest BCUT2D eigenvalue weighted by Crippen LogP contribution is -2.17. The van der Waals surface area contributed by atoms with Crippen LogP contribution >= 0.6 is 0 Å². The summed E-state index contributed by atoms with van der Waals surface area (Å²) in [5.74, 6) is 1.20. The highest BCUT2D eigenvalue weighted by Gasteiger charge is 2.24. The third-order valence-corrected chi connectivity index (χ3v) is 4.50. The maximum absolute atomic E-state index is 12.0. The highest BCUT2D eigenvalue weighted by molar-refractivity contribution is 5.98. The van der Waals surface area contributed by atoms with Gasteiger partial charge in [0.25, 0.3) is 5.91 Å². The van der Waals surface area contributed by atoms with E-state index in [0.717, 1.165) is 27.7 Å². The minimum absolute atomic E-state index is 0.0450. The number of carbonyl (C=O) groups excluding carboxylic acids is 1. The van der Waals surface area contributed by atoms with E-state index in [-0.39, 0.29) is 5.91 Å². The second-order valence-electron chi connectivity index (χ2n) is 6.14. The molecule has 122 valence electrons. The summed E-state index contributed by atoms with van der Waals surface area (Å²) in [6, 6.07) is 13.4. The normalized spacial score (nSPS) is 13.6. The summed E-state index contributed by atoms with van der Waals surface area (Å²) in [6.45, 7) is 0.596. The van der Waals surface area contributed by atoms with Crippen molar-refractivity contribution in [3.05, 3.63) is 66.1 Å². The fraction of sp³-hybridized carbons (Fsp3) is 0.105. The Bertz CT molecular complexity index is 1150. The van der Waals surface area contributed by atoms with Gasteiger partial charge in [-0.05, 0) is 35.9 Å². The van der Waals surface area contributed by atoms with Crippen molar-refractivity contribution in [1.82, 2.24) is 19.3 Å². The van der Waals surface area contributed by atoms with Crippen molar-refractivity contribution in [3.63, 3.8) is 0 Å². The molecule has 0 saturated carbocycles. The van der Waals surface area contributed by atoms with Crippen LogP contribution in [0.5, 0.6) is 11.6 Å². The van der Waals surface area contributed by atoms with Gasteiger partial charge in [-0.3, -0.25) is 9.20 Å². The third kappa shape index (κ3) is 2.07. The van der Waals surface area contributed by atoms with Gasteiger partial charge in [0.15, 0.2) is 0 Å². The molecule has 4 aromatic rings. The average molecular weight is 330 g/mol. The number of hydrogen-bond donors (Lipinski definition) is 0. The summed E-state index contributed by atoms with van der Waals surface area (Å²) in [7, 11) is 1.80. The van der Waals surface area contributed by atoms with Gasteiger partial charge >= 0.3 is 0 Å². The van der Waals surface area contributed by atoms with Crippen LogP contribution in [0.25, 0.3) is 16.6 Å². The monoisotopic (exact) mass is 330 g/mol. The maximum Gasteiger partial charge on any atom is 0.254 e. The summed E-state index contributed by atoms with van der Waals surface area (Å²) < 4.78 is 8.01. The highest BCUT2D eigenvalue weighted by atomic mass is 16.5. The summed E-state index contributed by atoms with van der Waals surface area (Å²) in [5, 5.41) is 0. The van der Waals surface area contributed by atoms with Crippen LogP contribution in [0.15, 0.2) is 55.0 Å². The standard InChI is InChI=1S/C19H14N4O2/c1-22-10-12-8-13(6-7-14(12)19(22)24)25-18-17-9-20-11-23(17)16-5-3-2-4-15(16)21-18/h2-9,11H,10H2,1H3. The molecule has 0 unspecified atom stereocenters. The summed E-state index contributed by atoms with van der Waals surface area (Å²) in [5.41, 5.74) is 4.31. The van der Waals surface area contributed by atoms with Crippen LogP contribution in [0.2, 0.25) is 0 Å². The Morgan fingerprint density at radius 2 is 2.00 bits per heavy atom. The van der Waals surface area contributed by atoms with Crippen molar-refractivity contribution in [2.45, 2.75) is 6.54 Å². The lowest BCUT2D eigenvalue weighted by atomic mass is 10.1. The topological polar surface area (TPSA) is 59.7 Å².